The number of allylic oxidation sites excluding steroid dienone is 2. The molecule has 5 rings (SSSR count). The normalized spacial score (nSPS) is 23.2. The third-order valence-electron chi connectivity index (χ3n) is 7.29. The minimum Gasteiger partial charge on any atom is -0.511 e. The van der Waals surface area contributed by atoms with E-state index in [9.17, 15) is 29.7 Å². The van der Waals surface area contributed by atoms with Gasteiger partial charge in [0.15, 0.2) is 11.6 Å². The minimum atomic E-state index is -1.13. The van der Waals surface area contributed by atoms with E-state index in [-0.39, 0.29) is 34.5 Å². The van der Waals surface area contributed by atoms with Gasteiger partial charge in [0, 0.05) is 29.7 Å². The number of benzene rings is 1. The van der Waals surface area contributed by atoms with Crippen LogP contribution in [0, 0.1) is 17.8 Å². The summed E-state index contributed by atoms with van der Waals surface area (Å²) in [4.78, 5) is 39.7. The van der Waals surface area contributed by atoms with Gasteiger partial charge < -0.3 is 35.8 Å². The first-order valence-corrected chi connectivity index (χ1v) is 11.4. The molecule has 190 valence electrons. The highest BCUT2D eigenvalue weighted by Gasteiger charge is 2.51. The Bertz CT molecular complexity index is 1340. The molecule has 2 aromatic rings. The number of aromatic hydroxyl groups is 1. The summed E-state index contributed by atoms with van der Waals surface area (Å²) in [6.07, 6.45) is 3.73. The van der Waals surface area contributed by atoms with Crippen LogP contribution in [-0.4, -0.2) is 57.3 Å². The van der Waals surface area contributed by atoms with Gasteiger partial charge in [-0.2, -0.15) is 0 Å². The number of carbonyl (C=O) groups excluding carboxylic acids is 3. The van der Waals surface area contributed by atoms with Crippen molar-refractivity contribution in [2.45, 2.75) is 25.8 Å². The van der Waals surface area contributed by atoms with Gasteiger partial charge in [0.2, 0.25) is 0 Å². The van der Waals surface area contributed by atoms with Crippen molar-refractivity contribution in [3.05, 3.63) is 58.3 Å². The van der Waals surface area contributed by atoms with Gasteiger partial charge in [-0.05, 0) is 62.0 Å². The van der Waals surface area contributed by atoms with E-state index in [2.05, 4.69) is 0 Å². The number of nitrogens with zero attached hydrogens (tertiary/aromatic N) is 1. The molecular weight excluding hydrogens is 468 g/mol. The smallest absolute Gasteiger partial charge is 0.255 e. The van der Waals surface area contributed by atoms with E-state index in [1.165, 1.54) is 6.26 Å². The Morgan fingerprint density at radius 3 is 2.53 bits per heavy atom. The van der Waals surface area contributed by atoms with Crippen LogP contribution in [0.5, 0.6) is 5.75 Å². The number of furan rings is 1. The van der Waals surface area contributed by atoms with Crippen LogP contribution in [0.2, 0.25) is 0 Å². The lowest BCUT2D eigenvalue weighted by molar-refractivity contribution is -0.127. The zero-order valence-electron chi connectivity index (χ0n) is 19.9. The molecular formula is C26H28N2O8. The van der Waals surface area contributed by atoms with E-state index in [1.54, 1.807) is 12.3 Å². The van der Waals surface area contributed by atoms with Crippen LogP contribution in [0.4, 0.5) is 0 Å². The fraction of sp³-hybridized carbons (Fsp3) is 0.346. The summed E-state index contributed by atoms with van der Waals surface area (Å²) in [6.45, 7) is 0.391. The maximum absolute atomic E-state index is 13.6. The second-order valence-corrected chi connectivity index (χ2v) is 9.79. The SMILES string of the molecule is CN(C)Cc1cc(-c2ccoc2)c2c(c1O)C(O)=C1C(=O)C3C(O)=C(C(N)=O)C(=O)C[C@@H]3C[C@@H]1C2.O. The Labute approximate surface area is 206 Å². The number of hydrogen-bond acceptors (Lipinski definition) is 8. The van der Waals surface area contributed by atoms with Crippen LogP contribution in [-0.2, 0) is 27.3 Å². The summed E-state index contributed by atoms with van der Waals surface area (Å²) in [6, 6.07) is 3.65. The number of nitrogens with two attached hydrogens (primary N) is 1. The van der Waals surface area contributed by atoms with Gasteiger partial charge in [0.1, 0.15) is 22.8 Å². The summed E-state index contributed by atoms with van der Waals surface area (Å²) in [5.41, 5.74) is 7.82. The number of ketones is 2. The molecule has 3 atom stereocenters. The highest BCUT2D eigenvalue weighted by molar-refractivity contribution is 6.21. The molecule has 0 aliphatic heterocycles. The van der Waals surface area contributed by atoms with E-state index in [0.717, 1.165) is 11.1 Å². The molecule has 36 heavy (non-hydrogen) atoms. The molecule has 1 aromatic carbocycles. The van der Waals surface area contributed by atoms with Crippen molar-refractivity contribution in [1.29, 1.82) is 0 Å². The maximum atomic E-state index is 13.6. The van der Waals surface area contributed by atoms with Crippen LogP contribution in [0.25, 0.3) is 16.9 Å². The molecule has 1 saturated carbocycles. The number of phenols is 1. The number of amides is 1. The zero-order chi connectivity index (χ0) is 25.2. The molecule has 3 aliphatic carbocycles. The summed E-state index contributed by atoms with van der Waals surface area (Å²) in [5.74, 6) is -5.37. The number of carbonyl (C=O) groups is 3. The molecule has 1 amide bonds. The van der Waals surface area contributed by atoms with E-state index >= 15 is 0 Å². The van der Waals surface area contributed by atoms with Gasteiger partial charge in [-0.25, -0.2) is 0 Å². The molecule has 0 bridgehead atoms. The third-order valence-corrected chi connectivity index (χ3v) is 7.29. The molecule has 10 heteroatoms. The standard InChI is InChI=1S/C26H26N2O7.H2O/c1-28(2)9-14-7-15(11-3-4-35-10-11)16-6-12-5-13-8-17(29)21(26(27)34)25(33)19(13)23(31)18(12)24(32)20(16)22(14)30;/h3-4,7,10,12-13,19,30,32-33H,5-6,8-9H2,1-2H3,(H2,27,34);1H2/t12-,13+,19?;/m1./s1. The van der Waals surface area contributed by atoms with Crippen LogP contribution < -0.4 is 5.73 Å². The van der Waals surface area contributed by atoms with Crippen molar-refractivity contribution in [1.82, 2.24) is 4.90 Å². The van der Waals surface area contributed by atoms with Crippen molar-refractivity contribution < 1.29 is 39.6 Å². The van der Waals surface area contributed by atoms with Crippen molar-refractivity contribution >= 4 is 23.2 Å². The van der Waals surface area contributed by atoms with Gasteiger partial charge in [-0.15, -0.1) is 0 Å². The highest BCUT2D eigenvalue weighted by atomic mass is 16.3. The topological polar surface area (TPSA) is 186 Å². The number of rotatable bonds is 4. The number of phenolic OH excluding ortho intramolecular Hbond substituents is 1. The Hall–Kier alpha value is -3.89. The zero-order valence-corrected chi connectivity index (χ0v) is 19.9. The fourth-order valence-corrected chi connectivity index (χ4v) is 5.90. The summed E-state index contributed by atoms with van der Waals surface area (Å²) >= 11 is 0. The number of fused-ring (bicyclic) bond motifs is 3. The maximum Gasteiger partial charge on any atom is 0.255 e. The number of primary amides is 1. The second-order valence-electron chi connectivity index (χ2n) is 9.79. The molecule has 0 radical (unpaired) electrons. The molecule has 10 nitrogen and oxygen atoms in total. The number of hydrogen-bond donors (Lipinski definition) is 4. The van der Waals surface area contributed by atoms with Crippen molar-refractivity contribution in [3.63, 3.8) is 0 Å². The second kappa shape index (κ2) is 8.96. The van der Waals surface area contributed by atoms with Crippen molar-refractivity contribution in [2.24, 2.45) is 23.5 Å². The first-order valence-electron chi connectivity index (χ1n) is 11.4. The average Bonchev–Trinajstić information content (AvgIpc) is 3.29. The monoisotopic (exact) mass is 496 g/mol. The van der Waals surface area contributed by atoms with Crippen molar-refractivity contribution in [2.75, 3.05) is 14.1 Å². The third kappa shape index (κ3) is 3.69. The van der Waals surface area contributed by atoms with Gasteiger partial charge in [0.05, 0.1) is 24.0 Å². The lowest BCUT2D eigenvalue weighted by Crippen LogP contribution is -2.44. The summed E-state index contributed by atoms with van der Waals surface area (Å²) in [5, 5.41) is 33.2. The molecule has 1 aromatic heterocycles. The van der Waals surface area contributed by atoms with E-state index < -0.39 is 46.6 Å². The summed E-state index contributed by atoms with van der Waals surface area (Å²) < 4.78 is 5.28. The average molecular weight is 497 g/mol. The summed E-state index contributed by atoms with van der Waals surface area (Å²) in [7, 11) is 3.71. The first kappa shape index (κ1) is 25.2. The van der Waals surface area contributed by atoms with Crippen LogP contribution in [0.15, 0.2) is 46.0 Å². The highest BCUT2D eigenvalue weighted by Crippen LogP contribution is 2.52. The number of aliphatic hydroxyl groups excluding tert-OH is 2. The Morgan fingerprint density at radius 1 is 1.19 bits per heavy atom. The van der Waals surface area contributed by atoms with Gasteiger partial charge in [-0.3, -0.25) is 14.4 Å². The minimum absolute atomic E-state index is 0. The van der Waals surface area contributed by atoms with E-state index in [0.29, 0.717) is 30.5 Å². The van der Waals surface area contributed by atoms with Gasteiger partial charge in [-0.1, -0.05) is 0 Å². The quantitative estimate of drug-likeness (QED) is 0.461. The lowest BCUT2D eigenvalue weighted by Gasteiger charge is -2.41. The Morgan fingerprint density at radius 2 is 1.92 bits per heavy atom. The van der Waals surface area contributed by atoms with Gasteiger partial charge >= 0.3 is 0 Å². The molecule has 0 spiro atoms. The predicted molar refractivity (Wildman–Crippen MR) is 129 cm³/mol. The largest absolute Gasteiger partial charge is 0.511 e. The predicted octanol–water partition coefficient (Wildman–Crippen LogP) is 1.81. The lowest BCUT2D eigenvalue weighted by atomic mass is 9.61. The molecule has 7 N–H and O–H groups in total. The van der Waals surface area contributed by atoms with Crippen LogP contribution >= 0.6 is 0 Å². The molecule has 1 heterocycles. The van der Waals surface area contributed by atoms with Crippen LogP contribution in [0.1, 0.15) is 29.5 Å². The molecule has 0 saturated heterocycles. The van der Waals surface area contributed by atoms with E-state index in [4.69, 9.17) is 10.2 Å². The number of Topliss-reactive ketones (excluding diaryl/α,β-unsaturated/α-hetero) is 2. The molecule has 1 unspecified atom stereocenters. The first-order chi connectivity index (χ1) is 16.6. The molecule has 1 fully saturated rings. The molecule has 3 aliphatic rings. The Kier molecular flexibility index (Phi) is 6.27. The fourth-order valence-electron chi connectivity index (χ4n) is 5.90. The Balaban J connectivity index is 0.00000304. The van der Waals surface area contributed by atoms with Gasteiger partial charge in [0.25, 0.3) is 5.91 Å². The number of aliphatic hydroxyl groups is 2. The van der Waals surface area contributed by atoms with Crippen molar-refractivity contribution in [3.8, 4) is 16.9 Å². The van der Waals surface area contributed by atoms with E-state index in [1.807, 2.05) is 25.1 Å². The van der Waals surface area contributed by atoms with Crippen LogP contribution in [0.3, 0.4) is 0 Å².